The van der Waals surface area contributed by atoms with Crippen molar-refractivity contribution in [3.63, 3.8) is 0 Å². The third kappa shape index (κ3) is 15.1. The van der Waals surface area contributed by atoms with E-state index in [0.29, 0.717) is 16.9 Å². The maximum atomic E-state index is 11.7. The van der Waals surface area contributed by atoms with Crippen LogP contribution in [0.25, 0.3) is 0 Å². The van der Waals surface area contributed by atoms with Gasteiger partial charge in [-0.1, -0.05) is 0 Å². The first kappa shape index (κ1) is 32.2. The number of hydrogen-bond acceptors (Lipinski definition) is 12. The van der Waals surface area contributed by atoms with Crippen molar-refractivity contribution >= 4 is 23.7 Å². The molecule has 0 amide bonds. The van der Waals surface area contributed by atoms with Gasteiger partial charge in [0.25, 0.3) is 0 Å². The molecule has 0 heterocycles. The van der Waals surface area contributed by atoms with Crippen LogP contribution in [0.15, 0.2) is 48.5 Å². The molecular formula is C24H30O12. The summed E-state index contributed by atoms with van der Waals surface area (Å²) in [6.07, 6.45) is -0.933. The molecule has 4 N–H and O–H groups in total. The summed E-state index contributed by atoms with van der Waals surface area (Å²) in [5, 5.41) is 32.5. The lowest BCUT2D eigenvalue weighted by molar-refractivity contribution is -0.131. The molecule has 0 aromatic heterocycles. The normalized spacial score (nSPS) is 9.47. The topological polar surface area (TPSA) is 186 Å². The summed E-state index contributed by atoms with van der Waals surface area (Å²) in [6, 6.07) is 11.6. The van der Waals surface area contributed by atoms with E-state index < -0.39 is 31.1 Å². The Hall–Kier alpha value is -3.84. The second-order valence-electron chi connectivity index (χ2n) is 6.50. The molecule has 0 saturated carbocycles. The summed E-state index contributed by atoms with van der Waals surface area (Å²) in [4.78, 5) is 44.4. The Morgan fingerprint density at radius 3 is 1.75 bits per heavy atom. The lowest BCUT2D eigenvalue weighted by atomic mass is 10.1. The van der Waals surface area contributed by atoms with Crippen LogP contribution in [-0.4, -0.2) is 90.9 Å². The van der Waals surface area contributed by atoms with Crippen LogP contribution in [0.3, 0.4) is 0 Å². The van der Waals surface area contributed by atoms with Crippen molar-refractivity contribution in [1.29, 1.82) is 0 Å². The van der Waals surface area contributed by atoms with Gasteiger partial charge in [0, 0.05) is 25.2 Å². The van der Waals surface area contributed by atoms with E-state index in [9.17, 15) is 19.2 Å². The molecule has 0 saturated heterocycles. The Balaban J connectivity index is 0.000000677. The zero-order valence-corrected chi connectivity index (χ0v) is 19.9. The molecule has 0 spiro atoms. The average molecular weight is 510 g/mol. The van der Waals surface area contributed by atoms with E-state index >= 15 is 0 Å². The fourth-order valence-electron chi connectivity index (χ4n) is 2.07. The van der Waals surface area contributed by atoms with Crippen molar-refractivity contribution in [3.8, 4) is 11.5 Å². The highest BCUT2D eigenvalue weighted by molar-refractivity contribution is 5.98. The lowest BCUT2D eigenvalue weighted by Gasteiger charge is -2.06. The van der Waals surface area contributed by atoms with Gasteiger partial charge < -0.3 is 39.4 Å². The molecule has 36 heavy (non-hydrogen) atoms. The monoisotopic (exact) mass is 510 g/mol. The van der Waals surface area contributed by atoms with Gasteiger partial charge in [-0.25, -0.2) is 4.79 Å². The zero-order valence-electron chi connectivity index (χ0n) is 19.9. The molecule has 198 valence electrons. The fourth-order valence-corrected chi connectivity index (χ4v) is 2.07. The van der Waals surface area contributed by atoms with E-state index in [1.807, 2.05) is 0 Å². The molecule has 0 unspecified atom stereocenters. The average Bonchev–Trinajstić information content (AvgIpc) is 2.88. The first-order chi connectivity index (χ1) is 17.2. The minimum absolute atomic E-state index is 0.0562. The fraction of sp³-hybridized carbons (Fsp3) is 0.333. The van der Waals surface area contributed by atoms with Crippen molar-refractivity contribution in [2.75, 3.05) is 46.8 Å². The molecule has 0 atom stereocenters. The molecule has 0 aliphatic heterocycles. The smallest absolute Gasteiger partial charge is 0.508 e. The number of ketones is 2. The van der Waals surface area contributed by atoms with Gasteiger partial charge in [0.15, 0.2) is 18.2 Å². The van der Waals surface area contributed by atoms with E-state index in [4.69, 9.17) is 29.9 Å². The van der Waals surface area contributed by atoms with Gasteiger partial charge in [-0.2, -0.15) is 0 Å². The van der Waals surface area contributed by atoms with Crippen LogP contribution in [0.5, 0.6) is 11.5 Å². The van der Waals surface area contributed by atoms with Crippen molar-refractivity contribution in [1.82, 2.24) is 0 Å². The van der Waals surface area contributed by atoms with Crippen LogP contribution in [-0.2, 0) is 19.0 Å². The van der Waals surface area contributed by atoms with Gasteiger partial charge in [-0.15, -0.1) is 0 Å². The highest BCUT2D eigenvalue weighted by Crippen LogP contribution is 2.13. The van der Waals surface area contributed by atoms with Gasteiger partial charge in [0.2, 0.25) is 0 Å². The standard InChI is InChI=1S/C14H16O7.C8H8O3.C2H6O2/c1-10(15)21-12-5-3-11(4-6-12)13(16)9-20-14(17)19-8-7-18-2;9-5-8(11)6-1-3-7(10)4-2-6;3-1-2-4/h3-6H,7-9H2,1-2H3;1-4,9-10H,5H2;3-4H,1-2H2. The summed E-state index contributed by atoms with van der Waals surface area (Å²) >= 11 is 0. The maximum absolute atomic E-state index is 11.7. The number of aromatic hydroxyl groups is 1. The maximum Gasteiger partial charge on any atom is 0.508 e. The number of carbonyl (C=O) groups is 4. The van der Waals surface area contributed by atoms with E-state index in [2.05, 4.69) is 9.47 Å². The summed E-state index contributed by atoms with van der Waals surface area (Å²) in [5.41, 5.74) is 0.737. The molecule has 2 aromatic carbocycles. The van der Waals surface area contributed by atoms with E-state index in [1.54, 1.807) is 0 Å². The van der Waals surface area contributed by atoms with Crippen LogP contribution >= 0.6 is 0 Å². The zero-order chi connectivity index (χ0) is 27.3. The minimum Gasteiger partial charge on any atom is -0.508 e. The second kappa shape index (κ2) is 19.5. The number of rotatable bonds is 10. The van der Waals surface area contributed by atoms with Gasteiger partial charge in [-0.3, -0.25) is 14.4 Å². The Morgan fingerprint density at radius 2 is 1.28 bits per heavy atom. The number of Topliss-reactive ketones (excluding diaryl/α,β-unsaturated/α-hetero) is 2. The number of hydrogen-bond donors (Lipinski definition) is 4. The third-order valence-electron chi connectivity index (χ3n) is 3.70. The highest BCUT2D eigenvalue weighted by Gasteiger charge is 2.11. The summed E-state index contributed by atoms with van der Waals surface area (Å²) in [7, 11) is 1.47. The van der Waals surface area contributed by atoms with E-state index in [-0.39, 0.29) is 38.0 Å². The minimum atomic E-state index is -0.933. The van der Waals surface area contributed by atoms with Crippen molar-refractivity contribution in [3.05, 3.63) is 59.7 Å². The molecule has 0 bridgehead atoms. The summed E-state index contributed by atoms with van der Waals surface area (Å²) < 4.78 is 18.8. The molecule has 0 aliphatic carbocycles. The van der Waals surface area contributed by atoms with Gasteiger partial charge in [0.1, 0.15) is 24.7 Å². The number of esters is 1. The largest absolute Gasteiger partial charge is 0.508 e. The molecular weight excluding hydrogens is 480 g/mol. The number of benzene rings is 2. The Labute approximate surface area is 207 Å². The van der Waals surface area contributed by atoms with Crippen LogP contribution < -0.4 is 4.74 Å². The van der Waals surface area contributed by atoms with Crippen molar-refractivity contribution < 1.29 is 58.6 Å². The molecule has 12 nitrogen and oxygen atoms in total. The molecule has 2 aromatic rings. The number of ether oxygens (including phenoxy) is 4. The van der Waals surface area contributed by atoms with Gasteiger partial charge in [0.05, 0.1) is 19.8 Å². The van der Waals surface area contributed by atoms with E-state index in [0.717, 1.165) is 0 Å². The van der Waals surface area contributed by atoms with Crippen molar-refractivity contribution in [2.24, 2.45) is 0 Å². The SMILES string of the molecule is COCCOC(=O)OCC(=O)c1ccc(OC(C)=O)cc1.O=C(CO)c1ccc(O)cc1.OCCO. The quantitative estimate of drug-likeness (QED) is 0.155. The lowest BCUT2D eigenvalue weighted by Crippen LogP contribution is -2.16. The van der Waals surface area contributed by atoms with Crippen molar-refractivity contribution in [2.45, 2.75) is 6.92 Å². The number of aliphatic hydroxyl groups excluding tert-OH is 3. The number of carbonyl (C=O) groups excluding carboxylic acids is 4. The number of phenolic OH excluding ortho intramolecular Hbond substituents is 1. The van der Waals surface area contributed by atoms with Crippen LogP contribution in [0.1, 0.15) is 27.6 Å². The van der Waals surface area contributed by atoms with Gasteiger partial charge in [-0.05, 0) is 48.5 Å². The first-order valence-electron chi connectivity index (χ1n) is 10.4. The predicted octanol–water partition coefficient (Wildman–Crippen LogP) is 1.13. The first-order valence-corrected chi connectivity index (χ1v) is 10.4. The van der Waals surface area contributed by atoms with E-state index in [1.165, 1.54) is 62.6 Å². The molecule has 12 heteroatoms. The third-order valence-corrected chi connectivity index (χ3v) is 3.70. The second-order valence-corrected chi connectivity index (χ2v) is 6.50. The summed E-state index contributed by atoms with van der Waals surface area (Å²) in [5.74, 6) is -0.743. The summed E-state index contributed by atoms with van der Waals surface area (Å²) in [6.45, 7) is 0.410. The van der Waals surface area contributed by atoms with Gasteiger partial charge >= 0.3 is 12.1 Å². The molecule has 0 aliphatic rings. The number of phenols is 1. The Bertz CT molecular complexity index is 921. The highest BCUT2D eigenvalue weighted by atomic mass is 16.7. The molecule has 0 radical (unpaired) electrons. The number of aliphatic hydroxyl groups is 3. The predicted molar refractivity (Wildman–Crippen MR) is 125 cm³/mol. The Morgan fingerprint density at radius 1 is 0.750 bits per heavy atom. The Kier molecular flexibility index (Phi) is 17.4. The molecule has 2 rings (SSSR count). The van der Waals surface area contributed by atoms with Crippen LogP contribution in [0.2, 0.25) is 0 Å². The van der Waals surface area contributed by atoms with Crippen LogP contribution in [0, 0.1) is 0 Å². The molecule has 0 fully saturated rings. The van der Waals surface area contributed by atoms with Crippen LogP contribution in [0.4, 0.5) is 4.79 Å². The number of methoxy groups -OCH3 is 1.